The van der Waals surface area contributed by atoms with Crippen LogP contribution in [0.2, 0.25) is 0 Å². The molecular formula is C11H11N3O2S. The number of rotatable bonds is 3. The molecule has 0 aliphatic carbocycles. The van der Waals surface area contributed by atoms with Crippen LogP contribution in [-0.2, 0) is 4.74 Å². The molecule has 17 heavy (non-hydrogen) atoms. The SMILES string of the molecule is CCOC(=O)c1sc(-c2ccncc2)nc1N. The molecule has 2 N–H and O–H groups in total. The number of aromatic nitrogens is 2. The van der Waals surface area contributed by atoms with E-state index in [0.717, 1.165) is 5.56 Å². The van der Waals surface area contributed by atoms with Crippen LogP contribution in [-0.4, -0.2) is 22.5 Å². The summed E-state index contributed by atoms with van der Waals surface area (Å²) in [6.07, 6.45) is 3.33. The van der Waals surface area contributed by atoms with E-state index >= 15 is 0 Å². The van der Waals surface area contributed by atoms with Gasteiger partial charge in [0.15, 0.2) is 4.88 Å². The van der Waals surface area contributed by atoms with Crippen molar-refractivity contribution in [3.8, 4) is 10.6 Å². The van der Waals surface area contributed by atoms with Gasteiger partial charge in [-0.2, -0.15) is 0 Å². The van der Waals surface area contributed by atoms with E-state index in [1.54, 1.807) is 19.3 Å². The van der Waals surface area contributed by atoms with Crippen LogP contribution in [0.25, 0.3) is 10.6 Å². The smallest absolute Gasteiger partial charge is 0.352 e. The molecule has 0 bridgehead atoms. The Balaban J connectivity index is 2.34. The first-order valence-electron chi connectivity index (χ1n) is 5.06. The van der Waals surface area contributed by atoms with Crippen molar-refractivity contribution in [2.45, 2.75) is 6.92 Å². The maximum atomic E-state index is 11.6. The Kier molecular flexibility index (Phi) is 3.34. The van der Waals surface area contributed by atoms with Crippen molar-refractivity contribution in [1.82, 2.24) is 9.97 Å². The molecule has 0 radical (unpaired) electrons. The number of esters is 1. The number of carbonyl (C=O) groups excluding carboxylic acids is 1. The van der Waals surface area contributed by atoms with Crippen molar-refractivity contribution in [2.24, 2.45) is 0 Å². The van der Waals surface area contributed by atoms with E-state index in [2.05, 4.69) is 9.97 Å². The van der Waals surface area contributed by atoms with Crippen molar-refractivity contribution in [2.75, 3.05) is 12.3 Å². The van der Waals surface area contributed by atoms with Gasteiger partial charge in [-0.3, -0.25) is 4.98 Å². The van der Waals surface area contributed by atoms with Crippen molar-refractivity contribution < 1.29 is 9.53 Å². The molecular weight excluding hydrogens is 238 g/mol. The summed E-state index contributed by atoms with van der Waals surface area (Å²) in [6.45, 7) is 2.07. The van der Waals surface area contributed by atoms with Crippen LogP contribution >= 0.6 is 11.3 Å². The number of pyridine rings is 1. The summed E-state index contributed by atoms with van der Waals surface area (Å²) in [5, 5.41) is 0.688. The van der Waals surface area contributed by atoms with E-state index in [-0.39, 0.29) is 5.82 Å². The van der Waals surface area contributed by atoms with E-state index in [0.29, 0.717) is 16.5 Å². The molecule has 6 heteroatoms. The first-order chi connectivity index (χ1) is 8.22. The molecule has 2 heterocycles. The molecule has 0 fully saturated rings. The fourth-order valence-electron chi connectivity index (χ4n) is 1.29. The molecule has 2 rings (SSSR count). The van der Waals surface area contributed by atoms with Crippen LogP contribution in [0.15, 0.2) is 24.5 Å². The van der Waals surface area contributed by atoms with Gasteiger partial charge in [0, 0.05) is 18.0 Å². The maximum absolute atomic E-state index is 11.6. The lowest BCUT2D eigenvalue weighted by molar-refractivity contribution is 0.0533. The van der Waals surface area contributed by atoms with Gasteiger partial charge >= 0.3 is 5.97 Å². The average Bonchev–Trinajstić information content (AvgIpc) is 2.73. The molecule has 5 nitrogen and oxygen atoms in total. The first kappa shape index (κ1) is 11.5. The highest BCUT2D eigenvalue weighted by atomic mass is 32.1. The Hall–Kier alpha value is -1.95. The topological polar surface area (TPSA) is 78.1 Å². The quantitative estimate of drug-likeness (QED) is 0.841. The zero-order valence-corrected chi connectivity index (χ0v) is 10.0. The summed E-state index contributed by atoms with van der Waals surface area (Å²) in [5.74, 6) is -0.219. The zero-order valence-electron chi connectivity index (χ0n) is 9.21. The molecule has 0 spiro atoms. The van der Waals surface area contributed by atoms with Gasteiger partial charge in [0.05, 0.1) is 6.61 Å². The number of hydrogen-bond donors (Lipinski definition) is 1. The fourth-order valence-corrected chi connectivity index (χ4v) is 2.18. The standard InChI is InChI=1S/C11H11N3O2S/c1-2-16-11(15)8-9(12)14-10(17-8)7-3-5-13-6-4-7/h3-6H,2,12H2,1H3. The zero-order chi connectivity index (χ0) is 12.3. The molecule has 0 aromatic carbocycles. The lowest BCUT2D eigenvalue weighted by atomic mass is 10.3. The third-order valence-electron chi connectivity index (χ3n) is 2.04. The second kappa shape index (κ2) is 4.92. The minimum absolute atomic E-state index is 0.209. The minimum Gasteiger partial charge on any atom is -0.462 e. The van der Waals surface area contributed by atoms with Gasteiger partial charge in [0.25, 0.3) is 0 Å². The Bertz CT molecular complexity index is 525. The van der Waals surface area contributed by atoms with E-state index in [9.17, 15) is 4.79 Å². The number of thiazole rings is 1. The third-order valence-corrected chi connectivity index (χ3v) is 3.14. The van der Waals surface area contributed by atoms with Gasteiger partial charge in [0.1, 0.15) is 10.8 Å². The van der Waals surface area contributed by atoms with Crippen LogP contribution < -0.4 is 5.73 Å². The number of nitrogen functional groups attached to an aromatic ring is 1. The summed E-state index contributed by atoms with van der Waals surface area (Å²) in [5.41, 5.74) is 6.57. The van der Waals surface area contributed by atoms with Gasteiger partial charge in [-0.15, -0.1) is 11.3 Å². The molecule has 88 valence electrons. The summed E-state index contributed by atoms with van der Waals surface area (Å²) in [7, 11) is 0. The average molecular weight is 249 g/mol. The predicted octanol–water partition coefficient (Wildman–Crippen LogP) is 1.96. The van der Waals surface area contributed by atoms with Crippen molar-refractivity contribution >= 4 is 23.1 Å². The molecule has 2 aromatic heterocycles. The summed E-state index contributed by atoms with van der Waals surface area (Å²) >= 11 is 1.22. The van der Waals surface area contributed by atoms with Gasteiger partial charge in [0.2, 0.25) is 0 Å². The monoisotopic (exact) mass is 249 g/mol. The molecule has 0 saturated carbocycles. The van der Waals surface area contributed by atoms with Crippen molar-refractivity contribution in [3.63, 3.8) is 0 Å². The maximum Gasteiger partial charge on any atom is 0.352 e. The Morgan fingerprint density at radius 2 is 2.18 bits per heavy atom. The van der Waals surface area contributed by atoms with Crippen LogP contribution in [0, 0.1) is 0 Å². The largest absolute Gasteiger partial charge is 0.462 e. The van der Waals surface area contributed by atoms with E-state index in [1.165, 1.54) is 11.3 Å². The van der Waals surface area contributed by atoms with Crippen LogP contribution in [0.1, 0.15) is 16.6 Å². The summed E-state index contributed by atoms with van der Waals surface area (Å²) < 4.78 is 4.90. The number of anilines is 1. The third kappa shape index (κ3) is 2.42. The number of hydrogen-bond acceptors (Lipinski definition) is 6. The lowest BCUT2D eigenvalue weighted by Gasteiger charge is -1.97. The second-order valence-corrected chi connectivity index (χ2v) is 4.19. The number of nitrogens with two attached hydrogens (primary N) is 1. The number of carbonyl (C=O) groups is 1. The molecule has 0 unspecified atom stereocenters. The van der Waals surface area contributed by atoms with Gasteiger partial charge in [-0.25, -0.2) is 9.78 Å². The summed E-state index contributed by atoms with van der Waals surface area (Å²) in [4.78, 5) is 20.0. The highest BCUT2D eigenvalue weighted by Crippen LogP contribution is 2.29. The van der Waals surface area contributed by atoms with Crippen molar-refractivity contribution in [3.05, 3.63) is 29.4 Å². The normalized spacial score (nSPS) is 10.2. The Morgan fingerprint density at radius 3 is 2.82 bits per heavy atom. The first-order valence-corrected chi connectivity index (χ1v) is 5.88. The minimum atomic E-state index is -0.428. The molecule has 0 amide bonds. The fraction of sp³-hybridized carbons (Fsp3) is 0.182. The second-order valence-electron chi connectivity index (χ2n) is 3.19. The van der Waals surface area contributed by atoms with Gasteiger partial charge < -0.3 is 10.5 Å². The highest BCUT2D eigenvalue weighted by molar-refractivity contribution is 7.17. The van der Waals surface area contributed by atoms with Crippen LogP contribution in [0.3, 0.4) is 0 Å². The Morgan fingerprint density at radius 1 is 1.47 bits per heavy atom. The molecule has 0 atom stereocenters. The summed E-state index contributed by atoms with van der Waals surface area (Å²) in [6, 6.07) is 3.63. The van der Waals surface area contributed by atoms with E-state index < -0.39 is 5.97 Å². The van der Waals surface area contributed by atoms with Crippen LogP contribution in [0.4, 0.5) is 5.82 Å². The number of nitrogens with zero attached hydrogens (tertiary/aromatic N) is 2. The van der Waals surface area contributed by atoms with E-state index in [4.69, 9.17) is 10.5 Å². The lowest BCUT2D eigenvalue weighted by Crippen LogP contribution is -2.05. The Labute approximate surface area is 102 Å². The van der Waals surface area contributed by atoms with Gasteiger partial charge in [-0.05, 0) is 19.1 Å². The van der Waals surface area contributed by atoms with E-state index in [1.807, 2.05) is 12.1 Å². The predicted molar refractivity (Wildman–Crippen MR) is 65.7 cm³/mol. The van der Waals surface area contributed by atoms with Gasteiger partial charge in [-0.1, -0.05) is 0 Å². The molecule has 0 saturated heterocycles. The van der Waals surface area contributed by atoms with Crippen molar-refractivity contribution in [1.29, 1.82) is 0 Å². The molecule has 2 aromatic rings. The molecule has 0 aliphatic rings. The molecule has 0 aliphatic heterocycles. The highest BCUT2D eigenvalue weighted by Gasteiger charge is 2.17. The number of ether oxygens (including phenoxy) is 1. The van der Waals surface area contributed by atoms with Crippen LogP contribution in [0.5, 0.6) is 0 Å².